The Kier molecular flexibility index (Phi) is 5.98. The third-order valence-electron chi connectivity index (χ3n) is 4.63. The number of ether oxygens (including phenoxy) is 1. The van der Waals surface area contributed by atoms with E-state index in [-0.39, 0.29) is 5.75 Å². The lowest BCUT2D eigenvalue weighted by Crippen LogP contribution is -2.56. The van der Waals surface area contributed by atoms with Crippen molar-refractivity contribution < 1.29 is 13.2 Å². The van der Waals surface area contributed by atoms with Gasteiger partial charge in [-0.05, 0) is 18.1 Å². The molecule has 2 N–H and O–H groups in total. The summed E-state index contributed by atoms with van der Waals surface area (Å²) in [7, 11) is -1.32. The predicted molar refractivity (Wildman–Crippen MR) is 99.5 cm³/mol. The van der Waals surface area contributed by atoms with Gasteiger partial charge in [0.05, 0.1) is 18.6 Å². The van der Waals surface area contributed by atoms with Gasteiger partial charge < -0.3 is 15.4 Å². The Balaban J connectivity index is 2.12. The summed E-state index contributed by atoms with van der Waals surface area (Å²) < 4.78 is 28.3. The van der Waals surface area contributed by atoms with Crippen molar-refractivity contribution in [3.63, 3.8) is 0 Å². The van der Waals surface area contributed by atoms with Gasteiger partial charge in [0, 0.05) is 50.2 Å². The van der Waals surface area contributed by atoms with Crippen molar-refractivity contribution in [3.8, 4) is 5.75 Å². The lowest BCUT2D eigenvalue weighted by molar-refractivity contribution is 0.146. The maximum Gasteiger partial charge on any atom is 0.148 e. The number of anilines is 2. The number of nitrogen functional groups attached to an aromatic ring is 1. The molecule has 0 saturated carbocycles. The molecule has 0 radical (unpaired) electrons. The Morgan fingerprint density at radius 2 is 2.04 bits per heavy atom. The van der Waals surface area contributed by atoms with Crippen LogP contribution in [0.15, 0.2) is 18.2 Å². The second-order valence-corrected chi connectivity index (χ2v) is 9.11. The third-order valence-corrected chi connectivity index (χ3v) is 5.56. The average Bonchev–Trinajstić information content (AvgIpc) is 2.52. The van der Waals surface area contributed by atoms with Gasteiger partial charge in [0.15, 0.2) is 0 Å². The van der Waals surface area contributed by atoms with Crippen LogP contribution in [0.1, 0.15) is 13.8 Å². The lowest BCUT2D eigenvalue weighted by atomic mass is 9.99. The van der Waals surface area contributed by atoms with Gasteiger partial charge in [-0.25, -0.2) is 8.42 Å². The minimum absolute atomic E-state index is 0.214. The van der Waals surface area contributed by atoms with Crippen molar-refractivity contribution in [2.45, 2.75) is 19.9 Å². The van der Waals surface area contributed by atoms with E-state index >= 15 is 0 Å². The molecule has 1 aliphatic rings. The third kappa shape index (κ3) is 4.77. The van der Waals surface area contributed by atoms with E-state index in [1.165, 1.54) is 6.26 Å². The average molecular weight is 356 g/mol. The van der Waals surface area contributed by atoms with Crippen LogP contribution in [-0.4, -0.2) is 64.7 Å². The van der Waals surface area contributed by atoms with Crippen molar-refractivity contribution in [1.29, 1.82) is 0 Å². The van der Waals surface area contributed by atoms with Gasteiger partial charge in [0.2, 0.25) is 0 Å². The largest absolute Gasteiger partial charge is 0.495 e. The highest BCUT2D eigenvalue weighted by Crippen LogP contribution is 2.29. The second kappa shape index (κ2) is 7.61. The van der Waals surface area contributed by atoms with Crippen LogP contribution in [0.2, 0.25) is 0 Å². The van der Waals surface area contributed by atoms with Gasteiger partial charge in [0.1, 0.15) is 15.6 Å². The number of benzene rings is 1. The predicted octanol–water partition coefficient (Wildman–Crippen LogP) is 1.47. The van der Waals surface area contributed by atoms with Crippen molar-refractivity contribution in [3.05, 3.63) is 18.2 Å². The quantitative estimate of drug-likeness (QED) is 0.779. The zero-order valence-corrected chi connectivity index (χ0v) is 15.8. The van der Waals surface area contributed by atoms with Gasteiger partial charge >= 0.3 is 0 Å². The summed E-state index contributed by atoms with van der Waals surface area (Å²) in [6, 6.07) is 6.18. The van der Waals surface area contributed by atoms with Crippen molar-refractivity contribution in [1.82, 2.24) is 4.90 Å². The van der Waals surface area contributed by atoms with E-state index in [9.17, 15) is 8.42 Å². The summed E-state index contributed by atoms with van der Waals surface area (Å²) in [6.07, 6.45) is 1.30. The van der Waals surface area contributed by atoms with Gasteiger partial charge in [-0.1, -0.05) is 13.8 Å². The number of methoxy groups -OCH3 is 1. The molecule has 1 aliphatic heterocycles. The number of hydrogen-bond donors (Lipinski definition) is 1. The molecular formula is C17H29N3O3S. The maximum absolute atomic E-state index is 11.5. The minimum Gasteiger partial charge on any atom is -0.495 e. The zero-order chi connectivity index (χ0) is 17.9. The molecule has 0 aliphatic carbocycles. The SMILES string of the molecule is COc1cc(N2CCN(CCS(C)(=O)=O)[C@@H](C(C)C)C2)ccc1N. The maximum atomic E-state index is 11.5. The van der Waals surface area contributed by atoms with E-state index in [4.69, 9.17) is 10.5 Å². The first-order valence-corrected chi connectivity index (χ1v) is 10.4. The minimum atomic E-state index is -2.94. The Hall–Kier alpha value is -1.47. The highest BCUT2D eigenvalue weighted by Gasteiger charge is 2.29. The van der Waals surface area contributed by atoms with Crippen LogP contribution in [0.3, 0.4) is 0 Å². The van der Waals surface area contributed by atoms with Crippen LogP contribution in [0.25, 0.3) is 0 Å². The molecule has 0 aromatic heterocycles. The summed E-state index contributed by atoms with van der Waals surface area (Å²) in [6.45, 7) is 7.55. The van der Waals surface area contributed by atoms with Crippen LogP contribution < -0.4 is 15.4 Å². The van der Waals surface area contributed by atoms with Crippen LogP contribution in [0.4, 0.5) is 11.4 Å². The molecule has 6 nitrogen and oxygen atoms in total. The fourth-order valence-electron chi connectivity index (χ4n) is 3.17. The number of nitrogens with two attached hydrogens (primary N) is 1. The normalized spacial score (nSPS) is 19.7. The fourth-order valence-corrected chi connectivity index (χ4v) is 3.74. The molecule has 136 valence electrons. The molecule has 1 atom stereocenters. The lowest BCUT2D eigenvalue weighted by Gasteiger charge is -2.44. The van der Waals surface area contributed by atoms with Crippen molar-refractivity contribution in [2.75, 3.05) is 55.9 Å². The van der Waals surface area contributed by atoms with Crippen LogP contribution in [0, 0.1) is 5.92 Å². The Bertz CT molecular complexity index is 661. The number of hydrogen-bond acceptors (Lipinski definition) is 6. The molecule has 1 saturated heterocycles. The summed E-state index contributed by atoms with van der Waals surface area (Å²) >= 11 is 0. The van der Waals surface area contributed by atoms with E-state index < -0.39 is 9.84 Å². The van der Waals surface area contributed by atoms with Crippen LogP contribution in [-0.2, 0) is 9.84 Å². The smallest absolute Gasteiger partial charge is 0.148 e. The summed E-state index contributed by atoms with van der Waals surface area (Å²) in [5, 5.41) is 0. The Morgan fingerprint density at radius 3 is 2.62 bits per heavy atom. The molecule has 2 rings (SSSR count). The molecule has 1 aromatic rings. The first-order valence-electron chi connectivity index (χ1n) is 8.31. The molecular weight excluding hydrogens is 326 g/mol. The van der Waals surface area contributed by atoms with Crippen LogP contribution >= 0.6 is 0 Å². The molecule has 0 unspecified atom stereocenters. The van der Waals surface area contributed by atoms with E-state index in [0.717, 1.165) is 25.3 Å². The van der Waals surface area contributed by atoms with Gasteiger partial charge in [-0.2, -0.15) is 0 Å². The second-order valence-electron chi connectivity index (χ2n) is 6.85. The monoisotopic (exact) mass is 355 g/mol. The molecule has 24 heavy (non-hydrogen) atoms. The van der Waals surface area contributed by atoms with Gasteiger partial charge in [-0.15, -0.1) is 0 Å². The Morgan fingerprint density at radius 1 is 1.33 bits per heavy atom. The van der Waals surface area contributed by atoms with E-state index in [1.54, 1.807) is 7.11 Å². The van der Waals surface area contributed by atoms with E-state index in [2.05, 4.69) is 23.6 Å². The van der Waals surface area contributed by atoms with Gasteiger partial charge in [0.25, 0.3) is 0 Å². The standard InChI is InChI=1S/C17H29N3O3S/c1-13(2)16-12-20(8-7-19(16)9-10-24(4,21)22)14-5-6-15(18)17(11-14)23-3/h5-6,11,13,16H,7-10,12,18H2,1-4H3/t16-/m1/s1. The highest BCUT2D eigenvalue weighted by atomic mass is 32.2. The Labute approximate surface area is 145 Å². The highest BCUT2D eigenvalue weighted by molar-refractivity contribution is 7.90. The number of sulfone groups is 1. The first-order chi connectivity index (χ1) is 11.2. The summed E-state index contributed by atoms with van der Waals surface area (Å²) in [4.78, 5) is 4.63. The van der Waals surface area contributed by atoms with E-state index in [0.29, 0.717) is 29.9 Å². The fraction of sp³-hybridized carbons (Fsp3) is 0.647. The molecule has 1 fully saturated rings. The number of piperazine rings is 1. The van der Waals surface area contributed by atoms with Crippen LogP contribution in [0.5, 0.6) is 5.75 Å². The van der Waals surface area contributed by atoms with Crippen molar-refractivity contribution in [2.24, 2.45) is 5.92 Å². The van der Waals surface area contributed by atoms with Gasteiger partial charge in [-0.3, -0.25) is 4.90 Å². The molecule has 0 spiro atoms. The number of rotatable bonds is 6. The molecule has 1 heterocycles. The van der Waals surface area contributed by atoms with E-state index in [1.807, 2.05) is 18.2 Å². The summed E-state index contributed by atoms with van der Waals surface area (Å²) in [5.74, 6) is 1.35. The topological polar surface area (TPSA) is 75.9 Å². The summed E-state index contributed by atoms with van der Waals surface area (Å²) in [5.41, 5.74) is 7.62. The molecule has 0 bridgehead atoms. The zero-order valence-electron chi connectivity index (χ0n) is 15.0. The molecule has 7 heteroatoms. The molecule has 1 aromatic carbocycles. The number of nitrogens with zero attached hydrogens (tertiary/aromatic N) is 2. The van der Waals surface area contributed by atoms with Crippen molar-refractivity contribution >= 4 is 21.2 Å². The molecule has 0 amide bonds. The first kappa shape index (κ1) is 18.9.